The third-order valence-corrected chi connectivity index (χ3v) is 1.66. The summed E-state index contributed by atoms with van der Waals surface area (Å²) in [6.45, 7) is 4.15. The number of rotatable bonds is 0. The van der Waals surface area contributed by atoms with Gasteiger partial charge in [0.05, 0.1) is 0 Å². The van der Waals surface area contributed by atoms with Crippen LogP contribution in [0.1, 0.15) is 10.4 Å². The number of thiophene rings is 1. The summed E-state index contributed by atoms with van der Waals surface area (Å²) in [5.41, 5.74) is 1.25. The summed E-state index contributed by atoms with van der Waals surface area (Å²) in [6, 6.07) is 2.13. The molecular formula is C6H7ClSZn. The van der Waals surface area contributed by atoms with Crippen LogP contribution >= 0.6 is 21.0 Å². The molecule has 0 aromatic carbocycles. The first-order valence-electron chi connectivity index (χ1n) is 2.50. The van der Waals surface area contributed by atoms with Gasteiger partial charge in [0.1, 0.15) is 0 Å². The fourth-order valence-corrected chi connectivity index (χ4v) is 1.14. The molecule has 46 valence electrons. The molecule has 0 amide bonds. The van der Waals surface area contributed by atoms with Crippen molar-refractivity contribution >= 4 is 21.0 Å². The van der Waals surface area contributed by atoms with Crippen molar-refractivity contribution < 1.29 is 17.3 Å². The molecule has 0 aliphatic rings. The molecular weight excluding hydrogens is 205 g/mol. The molecule has 9 heavy (non-hydrogen) atoms. The standard InChI is InChI=1S/C6H7S.ClH.Zn/c1-5-3-6(2)7-4-5;;/h3H,1-2H3;1H;/q-1;;+2/p-1. The molecule has 0 spiro atoms. The van der Waals surface area contributed by atoms with Crippen molar-refractivity contribution in [2.75, 3.05) is 0 Å². The van der Waals surface area contributed by atoms with E-state index in [1.165, 1.54) is 10.4 Å². The second-order valence-electron chi connectivity index (χ2n) is 1.64. The minimum absolute atomic E-state index is 0.847. The van der Waals surface area contributed by atoms with E-state index in [-0.39, 0.29) is 0 Å². The van der Waals surface area contributed by atoms with Crippen LogP contribution in [0, 0.1) is 19.2 Å². The first-order chi connectivity index (χ1) is 4.29. The van der Waals surface area contributed by atoms with E-state index in [0.29, 0.717) is 0 Å². The Morgan fingerprint density at radius 2 is 2.11 bits per heavy atom. The van der Waals surface area contributed by atoms with Crippen LogP contribution < -0.4 is 0 Å². The van der Waals surface area contributed by atoms with Gasteiger partial charge >= 0.3 is 27.0 Å². The summed E-state index contributed by atoms with van der Waals surface area (Å²) >= 11 is 2.53. The van der Waals surface area contributed by atoms with Gasteiger partial charge in [-0.3, -0.25) is 0 Å². The van der Waals surface area contributed by atoms with E-state index in [2.05, 4.69) is 25.3 Å². The van der Waals surface area contributed by atoms with Crippen molar-refractivity contribution in [3.8, 4) is 0 Å². The van der Waals surface area contributed by atoms with Crippen LogP contribution in [0.15, 0.2) is 6.07 Å². The van der Waals surface area contributed by atoms with E-state index >= 15 is 0 Å². The molecule has 0 nitrogen and oxygen atoms in total. The van der Waals surface area contributed by atoms with Crippen LogP contribution in [0.2, 0.25) is 0 Å². The second-order valence-corrected chi connectivity index (χ2v) is 2.69. The second kappa shape index (κ2) is 5.40. The van der Waals surface area contributed by atoms with Gasteiger partial charge in [0.25, 0.3) is 0 Å². The molecule has 0 unspecified atom stereocenters. The van der Waals surface area contributed by atoms with Gasteiger partial charge in [-0.25, -0.2) is 0 Å². The van der Waals surface area contributed by atoms with Crippen LogP contribution in [-0.2, 0) is 17.3 Å². The van der Waals surface area contributed by atoms with Gasteiger partial charge in [-0.15, -0.1) is 5.38 Å². The van der Waals surface area contributed by atoms with Gasteiger partial charge in [-0.2, -0.15) is 16.5 Å². The van der Waals surface area contributed by atoms with Crippen LogP contribution in [0.25, 0.3) is 0 Å². The average molecular weight is 212 g/mol. The van der Waals surface area contributed by atoms with Crippen molar-refractivity contribution in [1.82, 2.24) is 0 Å². The minimum atomic E-state index is 0.847. The number of hydrogen-bond donors (Lipinski definition) is 0. The summed E-state index contributed by atoms with van der Waals surface area (Å²) in [5, 5.41) is 3.11. The van der Waals surface area contributed by atoms with Crippen LogP contribution in [-0.4, -0.2) is 0 Å². The molecule has 0 atom stereocenters. The average Bonchev–Trinajstić information content (AvgIpc) is 2.20. The normalized spacial score (nSPS) is 8.11. The Labute approximate surface area is 74.0 Å². The van der Waals surface area contributed by atoms with Crippen molar-refractivity contribution in [3.05, 3.63) is 21.9 Å². The zero-order chi connectivity index (χ0) is 7.28. The van der Waals surface area contributed by atoms with Gasteiger partial charge < -0.3 is 11.3 Å². The molecule has 1 heterocycles. The van der Waals surface area contributed by atoms with Gasteiger partial charge in [0.2, 0.25) is 0 Å². The summed E-state index contributed by atoms with van der Waals surface area (Å²) in [6.07, 6.45) is 0. The molecule has 0 saturated carbocycles. The molecule has 1 rings (SSSR count). The summed E-state index contributed by atoms with van der Waals surface area (Å²) in [4.78, 5) is 1.34. The fraction of sp³-hybridized carbons (Fsp3) is 0.333. The molecule has 1 aromatic rings. The molecule has 0 aliphatic heterocycles. The zero-order valence-electron chi connectivity index (χ0n) is 5.57. The van der Waals surface area contributed by atoms with Crippen LogP contribution in [0.4, 0.5) is 0 Å². The Bertz CT molecular complexity index is 145. The predicted molar refractivity (Wildman–Crippen MR) is 38.5 cm³/mol. The maximum absolute atomic E-state index is 4.76. The Morgan fingerprint density at radius 3 is 2.22 bits per heavy atom. The molecule has 0 fully saturated rings. The summed E-state index contributed by atoms with van der Waals surface area (Å²) < 4.78 is 0. The van der Waals surface area contributed by atoms with Crippen LogP contribution in [0.5, 0.6) is 0 Å². The third kappa shape index (κ3) is 4.08. The van der Waals surface area contributed by atoms with Gasteiger partial charge in [0.15, 0.2) is 0 Å². The fourth-order valence-electron chi connectivity index (χ4n) is 0.525. The van der Waals surface area contributed by atoms with Gasteiger partial charge in [-0.1, -0.05) is 13.8 Å². The van der Waals surface area contributed by atoms with Crippen molar-refractivity contribution in [2.24, 2.45) is 0 Å². The third-order valence-electron chi connectivity index (χ3n) is 0.793. The molecule has 1 aromatic heterocycles. The van der Waals surface area contributed by atoms with Crippen molar-refractivity contribution in [2.45, 2.75) is 13.8 Å². The van der Waals surface area contributed by atoms with Crippen molar-refractivity contribution in [3.63, 3.8) is 0 Å². The Balaban J connectivity index is 0.000000291. The Kier molecular flexibility index (Phi) is 5.77. The van der Waals surface area contributed by atoms with E-state index in [9.17, 15) is 0 Å². The topological polar surface area (TPSA) is 0 Å². The van der Waals surface area contributed by atoms with E-state index in [4.69, 9.17) is 9.69 Å². The van der Waals surface area contributed by atoms with Crippen LogP contribution in [0.3, 0.4) is 0 Å². The van der Waals surface area contributed by atoms with E-state index in [1.54, 1.807) is 11.3 Å². The van der Waals surface area contributed by atoms with Gasteiger partial charge in [-0.05, 0) is 0 Å². The number of hydrogen-bond acceptors (Lipinski definition) is 1. The quantitative estimate of drug-likeness (QED) is 0.458. The monoisotopic (exact) mass is 210 g/mol. The first-order valence-corrected chi connectivity index (χ1v) is 7.22. The Morgan fingerprint density at radius 1 is 1.56 bits per heavy atom. The summed E-state index contributed by atoms with van der Waals surface area (Å²) in [7, 11) is 4.76. The Hall–Kier alpha value is 0.613. The summed E-state index contributed by atoms with van der Waals surface area (Å²) in [5.74, 6) is 0. The van der Waals surface area contributed by atoms with E-state index in [1.807, 2.05) is 0 Å². The molecule has 0 radical (unpaired) electrons. The zero-order valence-corrected chi connectivity index (χ0v) is 10.1. The molecule has 0 saturated heterocycles. The van der Waals surface area contributed by atoms with Gasteiger partial charge in [0, 0.05) is 0 Å². The van der Waals surface area contributed by atoms with Crippen molar-refractivity contribution in [1.29, 1.82) is 0 Å². The number of aryl methyl sites for hydroxylation is 2. The predicted octanol–water partition coefficient (Wildman–Crippen LogP) is 2.85. The van der Waals surface area contributed by atoms with E-state index in [0.717, 1.165) is 17.3 Å². The van der Waals surface area contributed by atoms with E-state index < -0.39 is 0 Å². The maximum atomic E-state index is 4.76. The SMILES string of the molecule is Cc1[c-]sc(C)c1.[Cl][Zn+]. The molecule has 0 aliphatic carbocycles. The molecule has 3 heteroatoms. The molecule has 0 bridgehead atoms. The number of halogens is 1. The molecule has 0 N–H and O–H groups in total. The first kappa shape index (κ1) is 9.61.